The molecule has 6 heteroatoms. The number of imidazole rings is 1. The molecule has 1 N–H and O–H groups in total. The van der Waals surface area contributed by atoms with Crippen LogP contribution in [0.15, 0.2) is 23.0 Å². The minimum absolute atomic E-state index is 0.206. The highest BCUT2D eigenvalue weighted by atomic mass is 19.1. The van der Waals surface area contributed by atoms with Crippen molar-refractivity contribution in [3.63, 3.8) is 0 Å². The average molecular weight is 258 g/mol. The zero-order valence-electron chi connectivity index (χ0n) is 10.1. The number of benzene rings is 1. The Morgan fingerprint density at radius 3 is 3.00 bits per heavy atom. The Morgan fingerprint density at radius 1 is 1.32 bits per heavy atom. The van der Waals surface area contributed by atoms with E-state index in [9.17, 15) is 4.39 Å². The van der Waals surface area contributed by atoms with Crippen molar-refractivity contribution in [3.8, 4) is 11.5 Å². The van der Waals surface area contributed by atoms with E-state index >= 15 is 0 Å². The monoisotopic (exact) mass is 258 g/mol. The summed E-state index contributed by atoms with van der Waals surface area (Å²) in [4.78, 5) is 11.4. The van der Waals surface area contributed by atoms with Crippen molar-refractivity contribution in [1.29, 1.82) is 0 Å². The summed E-state index contributed by atoms with van der Waals surface area (Å²) in [5, 5.41) is 3.96. The number of halogens is 1. The lowest BCUT2D eigenvalue weighted by molar-refractivity contribution is 0.366. The predicted octanol–water partition coefficient (Wildman–Crippen LogP) is 3.02. The first kappa shape index (κ1) is 10.7. The normalized spacial score (nSPS) is 15.8. The lowest BCUT2D eigenvalue weighted by Gasteiger charge is -2.20. The molecule has 2 heterocycles. The van der Waals surface area contributed by atoms with E-state index in [4.69, 9.17) is 4.52 Å². The number of hydrogen-bond acceptors (Lipinski definition) is 4. The van der Waals surface area contributed by atoms with E-state index in [0.29, 0.717) is 17.3 Å². The van der Waals surface area contributed by atoms with Gasteiger partial charge >= 0.3 is 0 Å². The van der Waals surface area contributed by atoms with Gasteiger partial charge in [-0.2, -0.15) is 4.98 Å². The number of aromatic nitrogens is 4. The van der Waals surface area contributed by atoms with Crippen LogP contribution in [0.2, 0.25) is 0 Å². The van der Waals surface area contributed by atoms with Gasteiger partial charge < -0.3 is 9.51 Å². The molecular formula is C13H11FN4O. The van der Waals surface area contributed by atoms with Crippen LogP contribution in [0, 0.1) is 5.82 Å². The van der Waals surface area contributed by atoms with Gasteiger partial charge in [-0.3, -0.25) is 0 Å². The molecule has 4 rings (SSSR count). The third-order valence-electron chi connectivity index (χ3n) is 3.67. The molecule has 0 bridgehead atoms. The smallest absolute Gasteiger partial charge is 0.263 e. The number of fused-ring (bicyclic) bond motifs is 1. The summed E-state index contributed by atoms with van der Waals surface area (Å²) in [5.41, 5.74) is 1.54. The Kier molecular flexibility index (Phi) is 2.18. The van der Waals surface area contributed by atoms with E-state index in [1.807, 2.05) is 0 Å². The molecule has 0 spiro atoms. The highest BCUT2D eigenvalue weighted by molar-refractivity contribution is 5.89. The Labute approximate surface area is 107 Å². The van der Waals surface area contributed by atoms with Crippen molar-refractivity contribution in [2.75, 3.05) is 0 Å². The Hall–Kier alpha value is -2.24. The second-order valence-corrected chi connectivity index (χ2v) is 4.81. The molecule has 0 atom stereocenters. The molecule has 3 aromatic rings. The first-order valence-electron chi connectivity index (χ1n) is 6.28. The van der Waals surface area contributed by atoms with Gasteiger partial charge in [0.05, 0.1) is 11.8 Å². The van der Waals surface area contributed by atoms with Gasteiger partial charge in [0, 0.05) is 5.92 Å². The van der Waals surface area contributed by atoms with Crippen molar-refractivity contribution in [3.05, 3.63) is 30.1 Å². The lowest BCUT2D eigenvalue weighted by atomic mass is 9.85. The number of H-pyrrole nitrogens is 1. The molecule has 0 saturated heterocycles. The van der Waals surface area contributed by atoms with Crippen LogP contribution < -0.4 is 0 Å². The van der Waals surface area contributed by atoms with Crippen LogP contribution in [0.1, 0.15) is 31.0 Å². The summed E-state index contributed by atoms with van der Waals surface area (Å²) in [6.45, 7) is 0. The predicted molar refractivity (Wildman–Crippen MR) is 65.9 cm³/mol. The first-order chi connectivity index (χ1) is 9.33. The summed E-state index contributed by atoms with van der Waals surface area (Å²) >= 11 is 0. The molecule has 1 aliphatic rings. The van der Waals surface area contributed by atoms with E-state index in [1.165, 1.54) is 18.8 Å². The van der Waals surface area contributed by atoms with E-state index in [-0.39, 0.29) is 11.5 Å². The topological polar surface area (TPSA) is 67.6 Å². The molecule has 1 fully saturated rings. The van der Waals surface area contributed by atoms with Crippen molar-refractivity contribution in [1.82, 2.24) is 20.1 Å². The van der Waals surface area contributed by atoms with E-state index < -0.39 is 5.82 Å². The van der Waals surface area contributed by atoms with E-state index in [2.05, 4.69) is 20.1 Å². The second-order valence-electron chi connectivity index (χ2n) is 4.81. The third kappa shape index (κ3) is 1.56. The van der Waals surface area contributed by atoms with Crippen LogP contribution in [0.4, 0.5) is 4.39 Å². The molecule has 0 amide bonds. The zero-order chi connectivity index (χ0) is 12.8. The van der Waals surface area contributed by atoms with Gasteiger partial charge in [0.2, 0.25) is 0 Å². The molecule has 1 aliphatic carbocycles. The molecular weight excluding hydrogens is 247 g/mol. The highest BCUT2D eigenvalue weighted by Gasteiger charge is 2.26. The fraction of sp³-hybridized carbons (Fsp3) is 0.308. The van der Waals surface area contributed by atoms with Gasteiger partial charge in [-0.25, -0.2) is 9.37 Å². The Balaban J connectivity index is 1.86. The lowest BCUT2D eigenvalue weighted by Crippen LogP contribution is -2.10. The van der Waals surface area contributed by atoms with Gasteiger partial charge in [0.15, 0.2) is 5.82 Å². The standard InChI is InChI=1S/C13H11FN4O/c14-8-4-5-9-11(16-6-15-9)10(8)13-17-12(18-19-13)7-2-1-3-7/h4-7H,1-3H2,(H,15,16). The van der Waals surface area contributed by atoms with Crippen LogP contribution in [-0.4, -0.2) is 20.1 Å². The summed E-state index contributed by atoms with van der Waals surface area (Å²) in [7, 11) is 0. The highest BCUT2D eigenvalue weighted by Crippen LogP contribution is 2.36. The third-order valence-corrected chi connectivity index (χ3v) is 3.67. The molecule has 0 radical (unpaired) electrons. The minimum Gasteiger partial charge on any atom is -0.345 e. The quantitative estimate of drug-likeness (QED) is 0.767. The summed E-state index contributed by atoms with van der Waals surface area (Å²) in [5.74, 6) is 0.840. The molecule has 1 aromatic carbocycles. The van der Waals surface area contributed by atoms with Crippen LogP contribution in [-0.2, 0) is 0 Å². The van der Waals surface area contributed by atoms with E-state index in [0.717, 1.165) is 18.4 Å². The van der Waals surface area contributed by atoms with Gasteiger partial charge in [0.1, 0.15) is 16.9 Å². The average Bonchev–Trinajstić information content (AvgIpc) is 2.95. The van der Waals surface area contributed by atoms with Crippen molar-refractivity contribution >= 4 is 11.0 Å². The fourth-order valence-electron chi connectivity index (χ4n) is 2.36. The number of nitrogens with zero attached hydrogens (tertiary/aromatic N) is 3. The molecule has 5 nitrogen and oxygen atoms in total. The van der Waals surface area contributed by atoms with Crippen molar-refractivity contribution < 1.29 is 8.91 Å². The largest absolute Gasteiger partial charge is 0.345 e. The zero-order valence-corrected chi connectivity index (χ0v) is 10.1. The molecule has 2 aromatic heterocycles. The van der Waals surface area contributed by atoms with Crippen LogP contribution in [0.3, 0.4) is 0 Å². The van der Waals surface area contributed by atoms with Crippen LogP contribution >= 0.6 is 0 Å². The van der Waals surface area contributed by atoms with Gasteiger partial charge in [-0.05, 0) is 25.0 Å². The van der Waals surface area contributed by atoms with Crippen LogP contribution in [0.25, 0.3) is 22.5 Å². The maximum absolute atomic E-state index is 14.0. The molecule has 1 saturated carbocycles. The first-order valence-corrected chi connectivity index (χ1v) is 6.28. The SMILES string of the molecule is Fc1ccc2[nH]cnc2c1-c1nc(C2CCC2)no1. The second kappa shape index (κ2) is 3.88. The number of rotatable bonds is 2. The fourth-order valence-corrected chi connectivity index (χ4v) is 2.36. The molecule has 19 heavy (non-hydrogen) atoms. The maximum atomic E-state index is 14.0. The molecule has 0 aliphatic heterocycles. The summed E-state index contributed by atoms with van der Waals surface area (Å²) < 4.78 is 19.2. The summed E-state index contributed by atoms with van der Waals surface area (Å²) in [6, 6.07) is 3.02. The number of hydrogen-bond donors (Lipinski definition) is 1. The van der Waals surface area contributed by atoms with Gasteiger partial charge in [-0.15, -0.1) is 0 Å². The Bertz CT molecular complexity index is 744. The number of aromatic amines is 1. The van der Waals surface area contributed by atoms with Crippen molar-refractivity contribution in [2.45, 2.75) is 25.2 Å². The number of nitrogens with one attached hydrogen (secondary N) is 1. The minimum atomic E-state index is -0.400. The maximum Gasteiger partial charge on any atom is 0.263 e. The molecule has 96 valence electrons. The Morgan fingerprint density at radius 2 is 2.21 bits per heavy atom. The molecule has 0 unspecified atom stereocenters. The van der Waals surface area contributed by atoms with Crippen LogP contribution in [0.5, 0.6) is 0 Å². The van der Waals surface area contributed by atoms with Crippen molar-refractivity contribution in [2.24, 2.45) is 0 Å². The van der Waals surface area contributed by atoms with Gasteiger partial charge in [0.25, 0.3) is 5.89 Å². The summed E-state index contributed by atoms with van der Waals surface area (Å²) in [6.07, 6.45) is 4.87. The van der Waals surface area contributed by atoms with E-state index in [1.54, 1.807) is 6.07 Å². The van der Waals surface area contributed by atoms with Gasteiger partial charge in [-0.1, -0.05) is 11.6 Å².